The van der Waals surface area contributed by atoms with E-state index in [1.54, 1.807) is 14.2 Å². The van der Waals surface area contributed by atoms with Crippen LogP contribution >= 0.6 is 0 Å². The van der Waals surface area contributed by atoms with E-state index in [9.17, 15) is 0 Å². The normalized spacial score (nSPS) is 16.8. The minimum atomic E-state index is 0.231. The van der Waals surface area contributed by atoms with Crippen LogP contribution in [0.2, 0.25) is 0 Å². The summed E-state index contributed by atoms with van der Waals surface area (Å²) in [5.74, 6) is 1.90. The molecule has 1 atom stereocenters. The Hall–Kier alpha value is -2.00. The molecule has 1 unspecified atom stereocenters. The van der Waals surface area contributed by atoms with E-state index in [0.717, 1.165) is 24.5 Å². The summed E-state index contributed by atoms with van der Waals surface area (Å²) in [6, 6.07) is 8.80. The molecule has 0 aliphatic carbocycles. The van der Waals surface area contributed by atoms with Crippen LogP contribution in [0.1, 0.15) is 39.4 Å². The molecule has 0 amide bonds. The monoisotopic (exact) mass is 311 g/mol. The van der Waals surface area contributed by atoms with Crippen LogP contribution in [0.25, 0.3) is 0 Å². The summed E-state index contributed by atoms with van der Waals surface area (Å²) in [6.45, 7) is 7.48. The number of methoxy groups -OCH3 is 2. The van der Waals surface area contributed by atoms with Gasteiger partial charge in [0.25, 0.3) is 0 Å². The van der Waals surface area contributed by atoms with Gasteiger partial charge < -0.3 is 14.8 Å². The van der Waals surface area contributed by atoms with Crippen molar-refractivity contribution >= 4 is 0 Å². The zero-order valence-corrected chi connectivity index (χ0v) is 14.6. The summed E-state index contributed by atoms with van der Waals surface area (Å²) < 4.78 is 10.9. The number of benzene rings is 2. The highest BCUT2D eigenvalue weighted by Gasteiger charge is 2.25. The maximum Gasteiger partial charge on any atom is 0.122 e. The molecule has 1 aliphatic heterocycles. The van der Waals surface area contributed by atoms with Gasteiger partial charge >= 0.3 is 0 Å². The molecule has 1 aliphatic rings. The first-order chi connectivity index (χ1) is 11.1. The third-order valence-corrected chi connectivity index (χ3v) is 5.02. The summed E-state index contributed by atoms with van der Waals surface area (Å²) in [5, 5.41) is 3.69. The summed E-state index contributed by atoms with van der Waals surface area (Å²) in [4.78, 5) is 0. The number of hydrogen-bond donors (Lipinski definition) is 1. The Morgan fingerprint density at radius 2 is 1.78 bits per heavy atom. The molecule has 0 spiro atoms. The van der Waals surface area contributed by atoms with Gasteiger partial charge in [-0.25, -0.2) is 0 Å². The topological polar surface area (TPSA) is 30.5 Å². The number of rotatable bonds is 3. The SMILES string of the molecule is COc1ccc2c(c1)CCNC2c1c(C)cc(OC)c(C)c1C. The molecule has 3 nitrogen and oxygen atoms in total. The van der Waals surface area contributed by atoms with Gasteiger partial charge in [0.15, 0.2) is 0 Å². The molecule has 1 N–H and O–H groups in total. The highest BCUT2D eigenvalue weighted by molar-refractivity contribution is 5.53. The molecule has 0 aromatic heterocycles. The number of aryl methyl sites for hydroxylation is 1. The molecule has 1 heterocycles. The lowest BCUT2D eigenvalue weighted by Gasteiger charge is -2.31. The number of hydrogen-bond acceptors (Lipinski definition) is 3. The average molecular weight is 311 g/mol. The van der Waals surface area contributed by atoms with E-state index in [1.807, 2.05) is 0 Å². The van der Waals surface area contributed by atoms with Crippen LogP contribution in [-0.4, -0.2) is 20.8 Å². The third kappa shape index (κ3) is 2.70. The van der Waals surface area contributed by atoms with E-state index < -0.39 is 0 Å². The van der Waals surface area contributed by atoms with Gasteiger partial charge in [-0.15, -0.1) is 0 Å². The highest BCUT2D eigenvalue weighted by atomic mass is 16.5. The van der Waals surface area contributed by atoms with Gasteiger partial charge in [0.1, 0.15) is 11.5 Å². The molecular formula is C20H25NO2. The van der Waals surface area contributed by atoms with Crippen LogP contribution in [0.5, 0.6) is 11.5 Å². The fourth-order valence-corrected chi connectivity index (χ4v) is 3.65. The Bertz CT molecular complexity index is 737. The van der Waals surface area contributed by atoms with Gasteiger partial charge in [-0.2, -0.15) is 0 Å². The summed E-state index contributed by atoms with van der Waals surface area (Å²) in [6.07, 6.45) is 1.04. The van der Waals surface area contributed by atoms with E-state index in [4.69, 9.17) is 9.47 Å². The molecule has 0 bridgehead atoms. The van der Waals surface area contributed by atoms with Crippen molar-refractivity contribution in [2.45, 2.75) is 33.2 Å². The molecule has 2 aromatic carbocycles. The molecule has 0 radical (unpaired) electrons. The fourth-order valence-electron chi connectivity index (χ4n) is 3.65. The first-order valence-corrected chi connectivity index (χ1v) is 8.11. The minimum Gasteiger partial charge on any atom is -0.497 e. The van der Waals surface area contributed by atoms with Gasteiger partial charge in [-0.3, -0.25) is 0 Å². The van der Waals surface area contributed by atoms with E-state index in [-0.39, 0.29) is 6.04 Å². The number of fused-ring (bicyclic) bond motifs is 1. The van der Waals surface area contributed by atoms with Gasteiger partial charge in [-0.1, -0.05) is 6.07 Å². The molecule has 3 heteroatoms. The van der Waals surface area contributed by atoms with E-state index in [1.165, 1.54) is 33.4 Å². The van der Waals surface area contributed by atoms with Crippen molar-refractivity contribution in [1.82, 2.24) is 5.32 Å². The van der Waals surface area contributed by atoms with Crippen LogP contribution in [0.15, 0.2) is 24.3 Å². The number of nitrogens with one attached hydrogen (secondary N) is 1. The highest BCUT2D eigenvalue weighted by Crippen LogP contribution is 2.37. The summed E-state index contributed by atoms with van der Waals surface area (Å²) >= 11 is 0. The minimum absolute atomic E-state index is 0.231. The zero-order chi connectivity index (χ0) is 16.6. The maximum absolute atomic E-state index is 5.51. The van der Waals surface area contributed by atoms with Crippen LogP contribution in [0.4, 0.5) is 0 Å². The maximum atomic E-state index is 5.51. The lowest BCUT2D eigenvalue weighted by molar-refractivity contribution is 0.410. The van der Waals surface area contributed by atoms with Crippen molar-refractivity contribution in [1.29, 1.82) is 0 Å². The fraction of sp³-hybridized carbons (Fsp3) is 0.400. The Labute approximate surface area is 138 Å². The van der Waals surface area contributed by atoms with Crippen LogP contribution < -0.4 is 14.8 Å². The zero-order valence-electron chi connectivity index (χ0n) is 14.6. The molecule has 3 rings (SSSR count). The van der Waals surface area contributed by atoms with Crippen molar-refractivity contribution in [3.63, 3.8) is 0 Å². The molecule has 2 aromatic rings. The third-order valence-electron chi connectivity index (χ3n) is 5.02. The second-order valence-corrected chi connectivity index (χ2v) is 6.26. The first-order valence-electron chi connectivity index (χ1n) is 8.11. The second-order valence-electron chi connectivity index (χ2n) is 6.26. The Morgan fingerprint density at radius 1 is 1.00 bits per heavy atom. The Morgan fingerprint density at radius 3 is 2.48 bits per heavy atom. The molecule has 0 fully saturated rings. The predicted octanol–water partition coefficient (Wildman–Crippen LogP) is 3.86. The van der Waals surface area contributed by atoms with Crippen molar-refractivity contribution in [3.05, 3.63) is 57.6 Å². The van der Waals surface area contributed by atoms with Gasteiger partial charge in [0.2, 0.25) is 0 Å². The van der Waals surface area contributed by atoms with Crippen LogP contribution in [0, 0.1) is 20.8 Å². The standard InChI is InChI=1S/C20H25NO2/c1-12-10-18(23-5)13(2)14(3)19(12)20-17-7-6-16(22-4)11-15(17)8-9-21-20/h6-7,10-11,20-21H,8-9H2,1-5H3. The Balaban J connectivity index is 2.13. The van der Waals surface area contributed by atoms with E-state index in [0.29, 0.717) is 0 Å². The van der Waals surface area contributed by atoms with Gasteiger partial charge in [-0.05, 0) is 78.8 Å². The van der Waals surface area contributed by atoms with Gasteiger partial charge in [0, 0.05) is 6.54 Å². The summed E-state index contributed by atoms with van der Waals surface area (Å²) in [7, 11) is 3.46. The molecule has 0 saturated heterocycles. The van der Waals surface area contributed by atoms with Crippen molar-refractivity contribution in [2.75, 3.05) is 20.8 Å². The predicted molar refractivity (Wildman–Crippen MR) is 93.7 cm³/mol. The number of ether oxygens (including phenoxy) is 2. The van der Waals surface area contributed by atoms with E-state index in [2.05, 4.69) is 50.4 Å². The lowest BCUT2D eigenvalue weighted by atomic mass is 9.84. The van der Waals surface area contributed by atoms with Crippen LogP contribution in [-0.2, 0) is 6.42 Å². The lowest BCUT2D eigenvalue weighted by Crippen LogP contribution is -2.31. The molecule has 122 valence electrons. The van der Waals surface area contributed by atoms with Crippen molar-refractivity contribution in [3.8, 4) is 11.5 Å². The average Bonchev–Trinajstić information content (AvgIpc) is 2.57. The molecule has 23 heavy (non-hydrogen) atoms. The second kappa shape index (κ2) is 6.25. The van der Waals surface area contributed by atoms with E-state index >= 15 is 0 Å². The molecular weight excluding hydrogens is 286 g/mol. The van der Waals surface area contributed by atoms with Gasteiger partial charge in [0.05, 0.1) is 20.3 Å². The smallest absolute Gasteiger partial charge is 0.122 e. The largest absolute Gasteiger partial charge is 0.497 e. The summed E-state index contributed by atoms with van der Waals surface area (Å²) in [5.41, 5.74) is 7.90. The van der Waals surface area contributed by atoms with Crippen molar-refractivity contribution < 1.29 is 9.47 Å². The Kier molecular flexibility index (Phi) is 4.31. The molecule has 0 saturated carbocycles. The van der Waals surface area contributed by atoms with Crippen molar-refractivity contribution in [2.24, 2.45) is 0 Å². The first kappa shape index (κ1) is 15.9. The van der Waals surface area contributed by atoms with Crippen LogP contribution in [0.3, 0.4) is 0 Å². The quantitative estimate of drug-likeness (QED) is 0.933.